The summed E-state index contributed by atoms with van der Waals surface area (Å²) in [4.78, 5) is 14.7. The van der Waals surface area contributed by atoms with Crippen molar-refractivity contribution < 1.29 is 14.3 Å². The summed E-state index contributed by atoms with van der Waals surface area (Å²) in [5.41, 5.74) is 7.38. The molecular formula is C17H22N2O3. The van der Waals surface area contributed by atoms with Crippen molar-refractivity contribution in [3.8, 4) is 11.5 Å². The van der Waals surface area contributed by atoms with Gasteiger partial charge in [0, 0.05) is 24.7 Å². The molecule has 1 amide bonds. The minimum Gasteiger partial charge on any atom is -0.493 e. The summed E-state index contributed by atoms with van der Waals surface area (Å²) >= 11 is 0. The number of benzene rings is 1. The number of methoxy groups -OCH3 is 1. The lowest BCUT2D eigenvalue weighted by molar-refractivity contribution is -0.130. The van der Waals surface area contributed by atoms with E-state index >= 15 is 0 Å². The number of para-hydroxylation sites is 1. The van der Waals surface area contributed by atoms with Gasteiger partial charge in [-0.3, -0.25) is 4.79 Å². The highest BCUT2D eigenvalue weighted by atomic mass is 16.5. The number of ether oxygens (including phenoxy) is 2. The quantitative estimate of drug-likeness (QED) is 0.925. The van der Waals surface area contributed by atoms with Crippen LogP contribution in [0.2, 0.25) is 0 Å². The van der Waals surface area contributed by atoms with Gasteiger partial charge in [-0.2, -0.15) is 0 Å². The average molecular weight is 302 g/mol. The zero-order valence-corrected chi connectivity index (χ0v) is 12.9. The molecule has 0 spiro atoms. The third kappa shape index (κ3) is 2.68. The second-order valence-electron chi connectivity index (χ2n) is 5.72. The van der Waals surface area contributed by atoms with E-state index in [-0.39, 0.29) is 18.6 Å². The fourth-order valence-corrected chi connectivity index (χ4v) is 3.16. The molecule has 2 aliphatic rings. The molecule has 3 rings (SSSR count). The van der Waals surface area contributed by atoms with Crippen LogP contribution in [0.25, 0.3) is 6.08 Å². The Balaban J connectivity index is 1.85. The molecular weight excluding hydrogens is 280 g/mol. The van der Waals surface area contributed by atoms with E-state index in [2.05, 4.69) is 0 Å². The van der Waals surface area contributed by atoms with E-state index in [0.717, 1.165) is 31.4 Å². The SMILES string of the molecule is COc1cccc2c1OCC(C(=O)N1CCCCC1CN)=C2. The second-order valence-corrected chi connectivity index (χ2v) is 5.72. The van der Waals surface area contributed by atoms with E-state index in [0.29, 0.717) is 23.6 Å². The van der Waals surface area contributed by atoms with Gasteiger partial charge < -0.3 is 20.1 Å². The van der Waals surface area contributed by atoms with E-state index in [1.165, 1.54) is 0 Å². The van der Waals surface area contributed by atoms with Crippen molar-refractivity contribution in [1.82, 2.24) is 4.90 Å². The minimum absolute atomic E-state index is 0.0450. The van der Waals surface area contributed by atoms with Gasteiger partial charge in [0.05, 0.1) is 12.7 Å². The number of carbonyl (C=O) groups is 1. The summed E-state index contributed by atoms with van der Waals surface area (Å²) in [5.74, 6) is 1.44. The predicted molar refractivity (Wildman–Crippen MR) is 84.9 cm³/mol. The van der Waals surface area contributed by atoms with Crippen molar-refractivity contribution >= 4 is 12.0 Å². The van der Waals surface area contributed by atoms with E-state index in [9.17, 15) is 4.79 Å². The Bertz CT molecular complexity index is 598. The van der Waals surface area contributed by atoms with Crippen LogP contribution in [0, 0.1) is 0 Å². The lowest BCUT2D eigenvalue weighted by Gasteiger charge is -2.36. The molecule has 1 aromatic carbocycles. The zero-order chi connectivity index (χ0) is 15.5. The third-order valence-corrected chi connectivity index (χ3v) is 4.37. The highest BCUT2D eigenvalue weighted by molar-refractivity contribution is 5.99. The molecule has 118 valence electrons. The number of fused-ring (bicyclic) bond motifs is 1. The maximum absolute atomic E-state index is 12.8. The maximum Gasteiger partial charge on any atom is 0.253 e. The summed E-state index contributed by atoms with van der Waals surface area (Å²) in [6.45, 7) is 1.58. The fourth-order valence-electron chi connectivity index (χ4n) is 3.16. The van der Waals surface area contributed by atoms with E-state index < -0.39 is 0 Å². The fraction of sp³-hybridized carbons (Fsp3) is 0.471. The van der Waals surface area contributed by atoms with Crippen LogP contribution in [-0.4, -0.2) is 43.7 Å². The first-order valence-electron chi connectivity index (χ1n) is 7.76. The number of hydrogen-bond donors (Lipinski definition) is 1. The molecule has 1 unspecified atom stereocenters. The second kappa shape index (κ2) is 6.40. The topological polar surface area (TPSA) is 64.8 Å². The third-order valence-electron chi connectivity index (χ3n) is 4.37. The molecule has 0 radical (unpaired) electrons. The average Bonchev–Trinajstić information content (AvgIpc) is 2.59. The van der Waals surface area contributed by atoms with Gasteiger partial charge in [0.15, 0.2) is 11.5 Å². The number of piperidine rings is 1. The Kier molecular flexibility index (Phi) is 4.34. The lowest BCUT2D eigenvalue weighted by atomic mass is 9.99. The highest BCUT2D eigenvalue weighted by Crippen LogP contribution is 2.36. The molecule has 0 aliphatic carbocycles. The Hall–Kier alpha value is -2.01. The monoisotopic (exact) mass is 302 g/mol. The number of nitrogens with two attached hydrogens (primary N) is 1. The molecule has 0 bridgehead atoms. The van der Waals surface area contributed by atoms with Crippen LogP contribution in [0.5, 0.6) is 11.5 Å². The number of likely N-dealkylation sites (tertiary alicyclic amines) is 1. The summed E-state index contributed by atoms with van der Waals surface area (Å²) in [7, 11) is 1.61. The van der Waals surface area contributed by atoms with E-state index in [1.54, 1.807) is 7.11 Å². The van der Waals surface area contributed by atoms with Crippen molar-refractivity contribution in [3.63, 3.8) is 0 Å². The summed E-state index contributed by atoms with van der Waals surface area (Å²) in [5, 5.41) is 0. The van der Waals surface area contributed by atoms with E-state index in [1.807, 2.05) is 29.2 Å². The van der Waals surface area contributed by atoms with Gasteiger partial charge in [-0.25, -0.2) is 0 Å². The van der Waals surface area contributed by atoms with Crippen molar-refractivity contribution in [2.24, 2.45) is 5.73 Å². The first-order valence-corrected chi connectivity index (χ1v) is 7.76. The van der Waals surface area contributed by atoms with Crippen molar-refractivity contribution in [1.29, 1.82) is 0 Å². The summed E-state index contributed by atoms with van der Waals surface area (Å²) < 4.78 is 11.1. The Morgan fingerprint density at radius 3 is 3.09 bits per heavy atom. The Morgan fingerprint density at radius 2 is 2.32 bits per heavy atom. The largest absolute Gasteiger partial charge is 0.493 e. The minimum atomic E-state index is 0.0450. The van der Waals surface area contributed by atoms with Crippen molar-refractivity contribution in [3.05, 3.63) is 29.3 Å². The predicted octanol–water partition coefficient (Wildman–Crippen LogP) is 1.81. The summed E-state index contributed by atoms with van der Waals surface area (Å²) in [6.07, 6.45) is 5.08. The van der Waals surface area contributed by atoms with Gasteiger partial charge in [-0.1, -0.05) is 12.1 Å². The maximum atomic E-state index is 12.8. The smallest absolute Gasteiger partial charge is 0.253 e. The van der Waals surface area contributed by atoms with Crippen molar-refractivity contribution in [2.45, 2.75) is 25.3 Å². The first kappa shape index (κ1) is 14.9. The van der Waals surface area contributed by atoms with Crippen LogP contribution in [0.1, 0.15) is 24.8 Å². The number of carbonyl (C=O) groups excluding carboxylic acids is 1. The Labute approximate surface area is 130 Å². The normalized spacial score (nSPS) is 20.7. The van der Waals surface area contributed by atoms with Gasteiger partial charge in [-0.15, -0.1) is 0 Å². The molecule has 2 aliphatic heterocycles. The van der Waals surface area contributed by atoms with Crippen LogP contribution in [0.4, 0.5) is 0 Å². The number of hydrogen-bond acceptors (Lipinski definition) is 4. The number of amides is 1. The molecule has 5 nitrogen and oxygen atoms in total. The Morgan fingerprint density at radius 1 is 1.45 bits per heavy atom. The van der Waals surface area contributed by atoms with Crippen LogP contribution in [0.15, 0.2) is 23.8 Å². The lowest BCUT2D eigenvalue weighted by Crippen LogP contribution is -2.48. The molecule has 1 saturated heterocycles. The van der Waals surface area contributed by atoms with Crippen molar-refractivity contribution in [2.75, 3.05) is 26.8 Å². The molecule has 0 saturated carbocycles. The highest BCUT2D eigenvalue weighted by Gasteiger charge is 2.29. The molecule has 2 heterocycles. The number of rotatable bonds is 3. The van der Waals surface area contributed by atoms with Gasteiger partial charge in [0.2, 0.25) is 0 Å². The van der Waals surface area contributed by atoms with Crippen LogP contribution in [0.3, 0.4) is 0 Å². The van der Waals surface area contributed by atoms with Gasteiger partial charge in [0.25, 0.3) is 5.91 Å². The van der Waals surface area contributed by atoms with Gasteiger partial charge in [-0.05, 0) is 31.4 Å². The first-order chi connectivity index (χ1) is 10.7. The standard InChI is InChI=1S/C17H22N2O3/c1-21-15-7-4-5-12-9-13(11-22-16(12)15)17(20)19-8-3-2-6-14(19)10-18/h4-5,7,9,14H,2-3,6,8,10-11,18H2,1H3. The molecule has 0 aromatic heterocycles. The van der Waals surface area contributed by atoms with Crippen LogP contribution < -0.4 is 15.2 Å². The summed E-state index contributed by atoms with van der Waals surface area (Å²) in [6, 6.07) is 5.83. The molecule has 1 atom stereocenters. The molecule has 5 heteroatoms. The zero-order valence-electron chi connectivity index (χ0n) is 12.9. The molecule has 1 fully saturated rings. The molecule has 22 heavy (non-hydrogen) atoms. The molecule has 1 aromatic rings. The van der Waals surface area contributed by atoms with Crippen LogP contribution in [-0.2, 0) is 4.79 Å². The van der Waals surface area contributed by atoms with Gasteiger partial charge >= 0.3 is 0 Å². The van der Waals surface area contributed by atoms with Crippen LogP contribution >= 0.6 is 0 Å². The van der Waals surface area contributed by atoms with E-state index in [4.69, 9.17) is 15.2 Å². The number of nitrogens with zero attached hydrogens (tertiary/aromatic N) is 1. The van der Waals surface area contributed by atoms with Gasteiger partial charge in [0.1, 0.15) is 6.61 Å². The molecule has 2 N–H and O–H groups in total.